The van der Waals surface area contributed by atoms with Gasteiger partial charge in [-0.25, -0.2) is 0 Å². The smallest absolute Gasteiger partial charge is 0.304 e. The van der Waals surface area contributed by atoms with E-state index in [-0.39, 0.29) is 7.48 Å². The number of rotatable bonds is 3. The molecule has 1 aromatic carbocycles. The molecule has 0 fully saturated rings. The molecule has 0 spiro atoms. The number of methoxy groups -OCH3 is 2. The summed E-state index contributed by atoms with van der Waals surface area (Å²) < 4.78 is 10.1. The van der Waals surface area contributed by atoms with Crippen LogP contribution >= 0.6 is 0 Å². The van der Waals surface area contributed by atoms with Gasteiger partial charge in [0.05, 0.1) is 14.2 Å². The van der Waals surface area contributed by atoms with Gasteiger partial charge in [-0.1, -0.05) is 6.07 Å². The third kappa shape index (κ3) is 1.71. The summed E-state index contributed by atoms with van der Waals surface area (Å²) in [5, 5.41) is 8.82. The van der Waals surface area contributed by atoms with Crippen LogP contribution in [-0.4, -0.2) is 26.7 Å². The van der Waals surface area contributed by atoms with E-state index in [0.29, 0.717) is 11.5 Å². The topological polar surface area (TPSA) is 38.7 Å². The summed E-state index contributed by atoms with van der Waals surface area (Å²) in [4.78, 5) is 0. The zero-order valence-corrected chi connectivity index (χ0v) is 7.20. The fourth-order valence-corrected chi connectivity index (χ4v) is 0.979. The van der Waals surface area contributed by atoms with Crippen molar-refractivity contribution >= 4 is 12.9 Å². The molecule has 1 aromatic rings. The van der Waals surface area contributed by atoms with Gasteiger partial charge in [-0.15, -0.1) is 0 Å². The Balaban J connectivity index is 3.02. The van der Waals surface area contributed by atoms with Gasteiger partial charge < -0.3 is 14.5 Å². The lowest BCUT2D eigenvalue weighted by Crippen LogP contribution is -2.13. The van der Waals surface area contributed by atoms with Crippen molar-refractivity contribution in [1.82, 2.24) is 0 Å². The molecular formula is C8H11BO3. The lowest BCUT2D eigenvalue weighted by Gasteiger charge is -2.07. The van der Waals surface area contributed by atoms with E-state index in [1.54, 1.807) is 32.4 Å². The third-order valence-electron chi connectivity index (χ3n) is 1.63. The molecule has 0 saturated carbocycles. The van der Waals surface area contributed by atoms with E-state index in [2.05, 4.69) is 0 Å². The maximum Gasteiger partial charge on any atom is 0.304 e. The molecule has 0 aliphatic heterocycles. The molecule has 1 N–H and O–H groups in total. The van der Waals surface area contributed by atoms with E-state index in [9.17, 15) is 0 Å². The Labute approximate surface area is 72.2 Å². The van der Waals surface area contributed by atoms with Crippen LogP contribution in [0.25, 0.3) is 0 Å². The van der Waals surface area contributed by atoms with Crippen molar-refractivity contribution in [1.29, 1.82) is 0 Å². The Morgan fingerprint density at radius 3 is 2.33 bits per heavy atom. The zero-order chi connectivity index (χ0) is 8.97. The minimum absolute atomic E-state index is 0.0142. The lowest BCUT2D eigenvalue weighted by molar-refractivity contribution is 0.355. The summed E-state index contributed by atoms with van der Waals surface area (Å²) in [6.45, 7) is 0. The highest BCUT2D eigenvalue weighted by molar-refractivity contribution is 6.45. The second-order valence-corrected chi connectivity index (χ2v) is 2.35. The van der Waals surface area contributed by atoms with E-state index in [1.807, 2.05) is 0 Å². The second-order valence-electron chi connectivity index (χ2n) is 2.35. The summed E-state index contributed by atoms with van der Waals surface area (Å²) in [6.07, 6.45) is 0. The maximum absolute atomic E-state index is 8.82. The SMILES string of the molecule is COc1ccc(BO)cc1OC. The van der Waals surface area contributed by atoms with Gasteiger partial charge in [-0.3, -0.25) is 0 Å². The van der Waals surface area contributed by atoms with Gasteiger partial charge in [-0.05, 0) is 17.6 Å². The molecule has 64 valence electrons. The molecule has 0 amide bonds. The van der Waals surface area contributed by atoms with Gasteiger partial charge in [-0.2, -0.15) is 0 Å². The Morgan fingerprint density at radius 1 is 1.17 bits per heavy atom. The highest BCUT2D eigenvalue weighted by atomic mass is 16.5. The van der Waals surface area contributed by atoms with Gasteiger partial charge in [0.15, 0.2) is 11.5 Å². The average molecular weight is 166 g/mol. The minimum Gasteiger partial charge on any atom is -0.493 e. The van der Waals surface area contributed by atoms with Crippen LogP contribution in [0.4, 0.5) is 0 Å². The van der Waals surface area contributed by atoms with Crippen LogP contribution in [-0.2, 0) is 0 Å². The van der Waals surface area contributed by atoms with Crippen molar-refractivity contribution in [2.24, 2.45) is 0 Å². The molecule has 0 bridgehead atoms. The van der Waals surface area contributed by atoms with E-state index in [1.165, 1.54) is 0 Å². The van der Waals surface area contributed by atoms with Gasteiger partial charge in [0.25, 0.3) is 0 Å². The van der Waals surface area contributed by atoms with Crippen LogP contribution in [0.2, 0.25) is 0 Å². The molecule has 0 aliphatic carbocycles. The van der Waals surface area contributed by atoms with Crippen molar-refractivity contribution in [3.63, 3.8) is 0 Å². The summed E-state index contributed by atoms with van der Waals surface area (Å²) in [6, 6.07) is 5.31. The van der Waals surface area contributed by atoms with E-state index in [0.717, 1.165) is 5.46 Å². The average Bonchev–Trinajstić information content (AvgIpc) is 2.16. The highest BCUT2D eigenvalue weighted by Crippen LogP contribution is 2.23. The summed E-state index contributed by atoms with van der Waals surface area (Å²) in [5.41, 5.74) is 0.813. The molecule has 12 heavy (non-hydrogen) atoms. The Morgan fingerprint density at radius 2 is 1.83 bits per heavy atom. The third-order valence-corrected chi connectivity index (χ3v) is 1.63. The number of ether oxygens (including phenoxy) is 2. The fourth-order valence-electron chi connectivity index (χ4n) is 0.979. The Bertz CT molecular complexity index is 262. The number of hydrogen-bond donors (Lipinski definition) is 1. The molecule has 1 rings (SSSR count). The molecule has 0 radical (unpaired) electrons. The van der Waals surface area contributed by atoms with Crippen molar-refractivity contribution in [3.8, 4) is 11.5 Å². The molecule has 0 heterocycles. The van der Waals surface area contributed by atoms with Crippen molar-refractivity contribution in [2.75, 3.05) is 14.2 Å². The van der Waals surface area contributed by atoms with Crippen molar-refractivity contribution < 1.29 is 14.5 Å². The lowest BCUT2D eigenvalue weighted by atomic mass is 9.89. The summed E-state index contributed by atoms with van der Waals surface area (Å²) >= 11 is 0. The van der Waals surface area contributed by atoms with Crippen LogP contribution in [0.5, 0.6) is 11.5 Å². The monoisotopic (exact) mass is 166 g/mol. The predicted molar refractivity (Wildman–Crippen MR) is 48.5 cm³/mol. The summed E-state index contributed by atoms with van der Waals surface area (Å²) in [5.74, 6) is 1.32. The molecular weight excluding hydrogens is 155 g/mol. The predicted octanol–water partition coefficient (Wildman–Crippen LogP) is -0.327. The van der Waals surface area contributed by atoms with Crippen LogP contribution in [0, 0.1) is 0 Å². The Hall–Kier alpha value is -1.16. The molecule has 0 aromatic heterocycles. The molecule has 3 nitrogen and oxygen atoms in total. The highest BCUT2D eigenvalue weighted by Gasteiger charge is 2.03. The first-order valence-electron chi connectivity index (χ1n) is 3.63. The van der Waals surface area contributed by atoms with Crippen LogP contribution < -0.4 is 14.9 Å². The van der Waals surface area contributed by atoms with Crippen LogP contribution in [0.15, 0.2) is 18.2 Å². The quantitative estimate of drug-likeness (QED) is 0.625. The first-order valence-corrected chi connectivity index (χ1v) is 3.63. The van der Waals surface area contributed by atoms with Gasteiger partial charge in [0, 0.05) is 0 Å². The molecule has 4 heteroatoms. The fraction of sp³-hybridized carbons (Fsp3) is 0.250. The largest absolute Gasteiger partial charge is 0.493 e. The van der Waals surface area contributed by atoms with Crippen LogP contribution in [0.1, 0.15) is 0 Å². The second kappa shape index (κ2) is 4.02. The van der Waals surface area contributed by atoms with Gasteiger partial charge in [0.2, 0.25) is 0 Å². The standard InChI is InChI=1S/C8H11BO3/c1-11-7-4-3-6(9-10)5-8(7)12-2/h3-5,9-10H,1-2H3. The van der Waals surface area contributed by atoms with Gasteiger partial charge in [0.1, 0.15) is 0 Å². The molecule has 0 saturated heterocycles. The molecule has 0 atom stereocenters. The van der Waals surface area contributed by atoms with E-state index >= 15 is 0 Å². The maximum atomic E-state index is 8.82. The van der Waals surface area contributed by atoms with E-state index < -0.39 is 0 Å². The zero-order valence-electron chi connectivity index (χ0n) is 7.20. The van der Waals surface area contributed by atoms with Crippen molar-refractivity contribution in [2.45, 2.75) is 0 Å². The molecule has 0 aliphatic rings. The molecule has 0 unspecified atom stereocenters. The minimum atomic E-state index is 0.0142. The van der Waals surface area contributed by atoms with Crippen LogP contribution in [0.3, 0.4) is 0 Å². The van der Waals surface area contributed by atoms with E-state index in [4.69, 9.17) is 14.5 Å². The normalized spacial score (nSPS) is 9.25. The van der Waals surface area contributed by atoms with Crippen molar-refractivity contribution in [3.05, 3.63) is 18.2 Å². The van der Waals surface area contributed by atoms with Gasteiger partial charge >= 0.3 is 7.48 Å². The first kappa shape index (κ1) is 8.94. The summed E-state index contributed by atoms with van der Waals surface area (Å²) in [7, 11) is 3.16. The Kier molecular flexibility index (Phi) is 2.99. The first-order chi connectivity index (χ1) is 5.81. The number of benzene rings is 1. The number of hydrogen-bond acceptors (Lipinski definition) is 3.